The van der Waals surface area contributed by atoms with Crippen LogP contribution in [0.1, 0.15) is 25.3 Å². The molecule has 1 saturated heterocycles. The maximum absolute atomic E-state index is 11.9. The first kappa shape index (κ1) is 14.3. The number of benzene rings is 1. The quantitative estimate of drug-likeness (QED) is 0.480. The highest BCUT2D eigenvalue weighted by Gasteiger charge is 2.32. The van der Waals surface area contributed by atoms with E-state index in [-0.39, 0.29) is 17.7 Å². The molecule has 1 unspecified atom stereocenters. The second-order valence-electron chi connectivity index (χ2n) is 4.83. The van der Waals surface area contributed by atoms with Gasteiger partial charge in [-0.25, -0.2) is 4.79 Å². The molecule has 1 fully saturated rings. The van der Waals surface area contributed by atoms with Gasteiger partial charge in [0.2, 0.25) is 0 Å². The number of nitro benzene ring substituents is 1. The minimum absolute atomic E-state index is 0.0677. The fraction of sp³-hybridized carbons (Fsp3) is 0.500. The van der Waals surface area contributed by atoms with E-state index in [1.54, 1.807) is 13.0 Å². The molecule has 0 bridgehead atoms. The molecule has 0 saturated carbocycles. The third-order valence-electron chi connectivity index (χ3n) is 3.51. The van der Waals surface area contributed by atoms with Crippen LogP contribution in [-0.4, -0.2) is 30.1 Å². The molecule has 0 N–H and O–H groups in total. The average molecular weight is 278 g/mol. The largest absolute Gasteiger partial charge is 0.464 e. The Hall–Kier alpha value is -2.11. The van der Waals surface area contributed by atoms with E-state index in [1.165, 1.54) is 12.1 Å². The zero-order chi connectivity index (χ0) is 14.7. The lowest BCUT2D eigenvalue weighted by Crippen LogP contribution is -2.37. The molecule has 2 rings (SSSR count). The van der Waals surface area contributed by atoms with Crippen LogP contribution >= 0.6 is 0 Å². The summed E-state index contributed by atoms with van der Waals surface area (Å²) >= 11 is 0. The Balaban J connectivity index is 2.26. The predicted molar refractivity (Wildman–Crippen MR) is 74.8 cm³/mol. The average Bonchev–Trinajstić information content (AvgIpc) is 2.87. The Bertz CT molecular complexity index is 530. The van der Waals surface area contributed by atoms with Gasteiger partial charge in [0.05, 0.1) is 11.5 Å². The molecule has 1 atom stereocenters. The van der Waals surface area contributed by atoms with Gasteiger partial charge < -0.3 is 9.64 Å². The van der Waals surface area contributed by atoms with Crippen molar-refractivity contribution in [1.82, 2.24) is 0 Å². The minimum atomic E-state index is -0.413. The van der Waals surface area contributed by atoms with Crippen LogP contribution in [0.4, 0.5) is 11.4 Å². The van der Waals surface area contributed by atoms with Gasteiger partial charge in [0.1, 0.15) is 6.04 Å². The Morgan fingerprint density at radius 3 is 2.90 bits per heavy atom. The molecule has 1 aliphatic rings. The summed E-state index contributed by atoms with van der Waals surface area (Å²) in [4.78, 5) is 24.3. The molecule has 0 spiro atoms. The number of hydrogen-bond donors (Lipinski definition) is 0. The fourth-order valence-corrected chi connectivity index (χ4v) is 2.61. The molecular weight excluding hydrogens is 260 g/mol. The van der Waals surface area contributed by atoms with E-state index in [9.17, 15) is 14.9 Å². The summed E-state index contributed by atoms with van der Waals surface area (Å²) < 4.78 is 5.09. The molecule has 20 heavy (non-hydrogen) atoms. The molecule has 6 nitrogen and oxygen atoms in total. The monoisotopic (exact) mass is 278 g/mol. The van der Waals surface area contributed by atoms with E-state index in [4.69, 9.17) is 4.74 Å². The zero-order valence-corrected chi connectivity index (χ0v) is 11.7. The number of nitro groups is 1. The maximum Gasteiger partial charge on any atom is 0.328 e. The normalized spacial score (nSPS) is 18.1. The molecule has 0 amide bonds. The van der Waals surface area contributed by atoms with Gasteiger partial charge in [0.25, 0.3) is 5.69 Å². The molecule has 108 valence electrons. The van der Waals surface area contributed by atoms with Gasteiger partial charge >= 0.3 is 5.97 Å². The van der Waals surface area contributed by atoms with Crippen molar-refractivity contribution in [2.75, 3.05) is 18.1 Å². The first-order valence-electron chi connectivity index (χ1n) is 6.73. The Morgan fingerprint density at radius 2 is 2.30 bits per heavy atom. The molecule has 6 heteroatoms. The third kappa shape index (κ3) is 2.74. The lowest BCUT2D eigenvalue weighted by molar-refractivity contribution is -0.384. The smallest absolute Gasteiger partial charge is 0.328 e. The number of aryl methyl sites for hydroxylation is 1. The van der Waals surface area contributed by atoms with Crippen LogP contribution in [-0.2, 0) is 9.53 Å². The molecular formula is C14H18N2O4. The number of ether oxygens (including phenoxy) is 1. The van der Waals surface area contributed by atoms with Crippen LogP contribution in [0.5, 0.6) is 0 Å². The highest BCUT2D eigenvalue weighted by molar-refractivity contribution is 5.81. The fourth-order valence-electron chi connectivity index (χ4n) is 2.61. The first-order valence-corrected chi connectivity index (χ1v) is 6.73. The van der Waals surface area contributed by atoms with E-state index < -0.39 is 4.92 Å². The van der Waals surface area contributed by atoms with Gasteiger partial charge in [-0.1, -0.05) is 0 Å². The van der Waals surface area contributed by atoms with Crippen molar-refractivity contribution >= 4 is 17.3 Å². The summed E-state index contributed by atoms with van der Waals surface area (Å²) in [5.74, 6) is -0.220. The van der Waals surface area contributed by atoms with Crippen LogP contribution in [0.25, 0.3) is 0 Å². The van der Waals surface area contributed by atoms with Gasteiger partial charge in [0.15, 0.2) is 0 Å². The van der Waals surface area contributed by atoms with Crippen LogP contribution in [0.15, 0.2) is 18.2 Å². The number of carbonyl (C=O) groups is 1. The number of anilines is 1. The van der Waals surface area contributed by atoms with Gasteiger partial charge in [0, 0.05) is 24.4 Å². The van der Waals surface area contributed by atoms with Crippen molar-refractivity contribution in [2.45, 2.75) is 32.7 Å². The van der Waals surface area contributed by atoms with Crippen LogP contribution < -0.4 is 4.90 Å². The summed E-state index contributed by atoms with van der Waals surface area (Å²) in [5.41, 5.74) is 1.74. The SMILES string of the molecule is CCOC(=O)C1CCCN1c1ccc([N+](=O)[O-])cc1C. The van der Waals surface area contributed by atoms with Crippen LogP contribution in [0, 0.1) is 17.0 Å². The van der Waals surface area contributed by atoms with Crippen molar-refractivity contribution in [2.24, 2.45) is 0 Å². The van der Waals surface area contributed by atoms with Crippen LogP contribution in [0.2, 0.25) is 0 Å². The van der Waals surface area contributed by atoms with Gasteiger partial charge in [-0.2, -0.15) is 0 Å². The van der Waals surface area contributed by atoms with Gasteiger partial charge in [-0.3, -0.25) is 10.1 Å². The van der Waals surface area contributed by atoms with E-state index in [1.807, 2.05) is 11.8 Å². The molecule has 1 aliphatic heterocycles. The van der Waals surface area contributed by atoms with Crippen molar-refractivity contribution in [1.29, 1.82) is 0 Å². The lowest BCUT2D eigenvalue weighted by Gasteiger charge is -2.26. The van der Waals surface area contributed by atoms with Crippen molar-refractivity contribution in [3.8, 4) is 0 Å². The molecule has 1 heterocycles. The number of hydrogen-bond acceptors (Lipinski definition) is 5. The summed E-state index contributed by atoms with van der Waals surface area (Å²) in [7, 11) is 0. The van der Waals surface area contributed by atoms with E-state index in [0.29, 0.717) is 6.61 Å². The van der Waals surface area contributed by atoms with E-state index >= 15 is 0 Å². The second kappa shape index (κ2) is 5.90. The molecule has 0 aliphatic carbocycles. The number of esters is 1. The molecule has 0 radical (unpaired) electrons. The number of carbonyl (C=O) groups excluding carboxylic acids is 1. The van der Waals surface area contributed by atoms with E-state index in [0.717, 1.165) is 30.6 Å². The Labute approximate surface area is 117 Å². The predicted octanol–water partition coefficient (Wildman–Crippen LogP) is 2.44. The summed E-state index contributed by atoms with van der Waals surface area (Å²) in [5, 5.41) is 10.8. The van der Waals surface area contributed by atoms with Crippen molar-refractivity contribution in [3.63, 3.8) is 0 Å². The second-order valence-corrected chi connectivity index (χ2v) is 4.83. The highest BCUT2D eigenvalue weighted by atomic mass is 16.6. The number of nitrogens with zero attached hydrogens (tertiary/aromatic N) is 2. The highest BCUT2D eigenvalue weighted by Crippen LogP contribution is 2.31. The minimum Gasteiger partial charge on any atom is -0.464 e. The maximum atomic E-state index is 11.9. The topological polar surface area (TPSA) is 72.7 Å². The van der Waals surface area contributed by atoms with Crippen molar-refractivity contribution in [3.05, 3.63) is 33.9 Å². The number of non-ortho nitro benzene ring substituents is 1. The van der Waals surface area contributed by atoms with E-state index in [2.05, 4.69) is 0 Å². The summed E-state index contributed by atoms with van der Waals surface area (Å²) in [6.07, 6.45) is 1.68. The molecule has 1 aromatic rings. The third-order valence-corrected chi connectivity index (χ3v) is 3.51. The zero-order valence-electron chi connectivity index (χ0n) is 11.7. The molecule has 0 aromatic heterocycles. The standard InChI is InChI=1S/C14H18N2O4/c1-3-20-14(17)13-5-4-8-15(13)12-7-6-11(16(18)19)9-10(12)2/h6-7,9,13H,3-5,8H2,1-2H3. The summed E-state index contributed by atoms with van der Waals surface area (Å²) in [6.45, 7) is 4.74. The lowest BCUT2D eigenvalue weighted by atomic mass is 10.1. The Morgan fingerprint density at radius 1 is 1.55 bits per heavy atom. The Kier molecular flexibility index (Phi) is 4.22. The number of rotatable bonds is 4. The summed E-state index contributed by atoms with van der Waals surface area (Å²) in [6, 6.07) is 4.44. The first-order chi connectivity index (χ1) is 9.54. The van der Waals surface area contributed by atoms with Crippen LogP contribution in [0.3, 0.4) is 0 Å². The van der Waals surface area contributed by atoms with Gasteiger partial charge in [-0.15, -0.1) is 0 Å². The molecule has 1 aromatic carbocycles. The van der Waals surface area contributed by atoms with Gasteiger partial charge in [-0.05, 0) is 38.3 Å². The van der Waals surface area contributed by atoms with Crippen molar-refractivity contribution < 1.29 is 14.5 Å².